The van der Waals surface area contributed by atoms with Gasteiger partial charge >= 0.3 is 0 Å². The van der Waals surface area contributed by atoms with Crippen molar-refractivity contribution in [3.05, 3.63) is 77.0 Å². The third-order valence-electron chi connectivity index (χ3n) is 4.14. The topological polar surface area (TPSA) is 56.7 Å². The Morgan fingerprint density at radius 1 is 1.07 bits per heavy atom. The van der Waals surface area contributed by atoms with Gasteiger partial charge in [0.1, 0.15) is 5.82 Å². The Labute approximate surface area is 166 Å². The molecule has 136 valence electrons. The molecule has 0 N–H and O–H groups in total. The molecule has 0 amide bonds. The lowest BCUT2D eigenvalue weighted by molar-refractivity contribution is 0.529. The highest BCUT2D eigenvalue weighted by Gasteiger charge is 2.15. The second-order valence-corrected chi connectivity index (χ2v) is 7.45. The number of para-hydroxylation sites is 1. The first-order valence-electron chi connectivity index (χ1n) is 8.43. The van der Waals surface area contributed by atoms with Crippen LogP contribution in [0.3, 0.4) is 0 Å². The monoisotopic (exact) mass is 396 g/mol. The van der Waals surface area contributed by atoms with Crippen LogP contribution in [0.4, 0.5) is 0 Å². The second-order valence-electron chi connectivity index (χ2n) is 6.07. The molecular formula is C20H17ClN4OS. The molecule has 0 aliphatic heterocycles. The summed E-state index contributed by atoms with van der Waals surface area (Å²) >= 11 is 7.59. The summed E-state index contributed by atoms with van der Waals surface area (Å²) in [4.78, 5) is 4.38. The van der Waals surface area contributed by atoms with Crippen LogP contribution in [-0.2, 0) is 5.75 Å². The molecule has 4 rings (SSSR count). The molecule has 0 fully saturated rings. The van der Waals surface area contributed by atoms with Gasteiger partial charge < -0.3 is 4.42 Å². The van der Waals surface area contributed by atoms with Gasteiger partial charge in [-0.15, -0.1) is 10.2 Å². The van der Waals surface area contributed by atoms with Crippen molar-refractivity contribution in [2.24, 2.45) is 0 Å². The molecule has 5 nitrogen and oxygen atoms in total. The maximum Gasteiger partial charge on any atom is 0.205 e. The van der Waals surface area contributed by atoms with Crippen molar-refractivity contribution < 1.29 is 4.42 Å². The van der Waals surface area contributed by atoms with E-state index in [0.717, 1.165) is 22.2 Å². The Kier molecular flexibility index (Phi) is 5.01. The Bertz CT molecular complexity index is 1090. The largest absolute Gasteiger partial charge is 0.440 e. The van der Waals surface area contributed by atoms with Gasteiger partial charge in [-0.1, -0.05) is 53.7 Å². The number of aryl methyl sites for hydroxylation is 2. The molecule has 0 atom stereocenters. The molecule has 0 radical (unpaired) electrons. The van der Waals surface area contributed by atoms with Gasteiger partial charge in [-0.05, 0) is 37.6 Å². The van der Waals surface area contributed by atoms with Crippen LogP contribution in [-0.4, -0.2) is 19.7 Å². The van der Waals surface area contributed by atoms with E-state index < -0.39 is 0 Å². The molecular weight excluding hydrogens is 380 g/mol. The van der Waals surface area contributed by atoms with Crippen LogP contribution >= 0.6 is 23.4 Å². The van der Waals surface area contributed by atoms with Gasteiger partial charge in [0.05, 0.1) is 17.6 Å². The van der Waals surface area contributed by atoms with E-state index in [2.05, 4.69) is 38.8 Å². The van der Waals surface area contributed by atoms with Crippen LogP contribution in [0.2, 0.25) is 5.02 Å². The molecule has 0 saturated heterocycles. The van der Waals surface area contributed by atoms with Gasteiger partial charge in [0, 0.05) is 10.6 Å². The van der Waals surface area contributed by atoms with Crippen molar-refractivity contribution in [3.8, 4) is 17.0 Å². The lowest BCUT2D eigenvalue weighted by atomic mass is 10.2. The van der Waals surface area contributed by atoms with Crippen molar-refractivity contribution in [3.63, 3.8) is 0 Å². The zero-order chi connectivity index (χ0) is 18.8. The van der Waals surface area contributed by atoms with Crippen molar-refractivity contribution in [1.29, 1.82) is 0 Å². The van der Waals surface area contributed by atoms with E-state index in [4.69, 9.17) is 16.0 Å². The summed E-state index contributed by atoms with van der Waals surface area (Å²) in [7, 11) is 0. The smallest absolute Gasteiger partial charge is 0.205 e. The minimum absolute atomic E-state index is 0.560. The summed E-state index contributed by atoms with van der Waals surface area (Å²) in [6.07, 6.45) is 1.72. The summed E-state index contributed by atoms with van der Waals surface area (Å²) in [5.74, 6) is 2.74. The van der Waals surface area contributed by atoms with Gasteiger partial charge in [0.25, 0.3) is 0 Å². The summed E-state index contributed by atoms with van der Waals surface area (Å²) in [5.41, 5.74) is 3.15. The van der Waals surface area contributed by atoms with E-state index >= 15 is 0 Å². The third kappa shape index (κ3) is 3.77. The molecule has 0 unspecified atom stereocenters. The predicted octanol–water partition coefficient (Wildman–Crippen LogP) is 5.48. The highest BCUT2D eigenvalue weighted by atomic mass is 35.5. The number of rotatable bonds is 5. The lowest BCUT2D eigenvalue weighted by Crippen LogP contribution is -2.01. The molecule has 2 aromatic heterocycles. The number of nitrogens with zero attached hydrogens (tertiary/aromatic N) is 4. The van der Waals surface area contributed by atoms with Crippen LogP contribution < -0.4 is 0 Å². The van der Waals surface area contributed by atoms with E-state index in [1.54, 1.807) is 18.0 Å². The summed E-state index contributed by atoms with van der Waals surface area (Å²) in [5, 5.41) is 10.0. The van der Waals surface area contributed by atoms with E-state index in [1.165, 1.54) is 5.56 Å². The first-order valence-corrected chi connectivity index (χ1v) is 9.79. The molecule has 0 aliphatic carbocycles. The van der Waals surface area contributed by atoms with Crippen molar-refractivity contribution in [2.75, 3.05) is 0 Å². The Balaban J connectivity index is 1.55. The van der Waals surface area contributed by atoms with Crippen molar-refractivity contribution in [1.82, 2.24) is 19.7 Å². The van der Waals surface area contributed by atoms with Crippen LogP contribution in [0.25, 0.3) is 17.0 Å². The van der Waals surface area contributed by atoms with Crippen molar-refractivity contribution >= 4 is 23.4 Å². The maximum absolute atomic E-state index is 6.05. The Morgan fingerprint density at radius 2 is 1.93 bits per heavy atom. The fraction of sp³-hybridized carbons (Fsp3) is 0.150. The quantitative estimate of drug-likeness (QED) is 0.418. The summed E-state index contributed by atoms with van der Waals surface area (Å²) in [6, 6.07) is 15.7. The number of oxazole rings is 1. The second kappa shape index (κ2) is 7.58. The van der Waals surface area contributed by atoms with Crippen LogP contribution in [0, 0.1) is 13.8 Å². The van der Waals surface area contributed by atoms with E-state index in [0.29, 0.717) is 22.4 Å². The van der Waals surface area contributed by atoms with Crippen LogP contribution in [0.15, 0.2) is 64.3 Å². The van der Waals surface area contributed by atoms with E-state index in [1.807, 2.05) is 43.3 Å². The van der Waals surface area contributed by atoms with E-state index in [-0.39, 0.29) is 0 Å². The SMILES string of the molecule is Cc1ccccc1-n1c(C)nnc1SCc1ncc(-c2cccc(Cl)c2)o1. The molecule has 27 heavy (non-hydrogen) atoms. The van der Waals surface area contributed by atoms with Gasteiger partial charge in [0.2, 0.25) is 5.89 Å². The summed E-state index contributed by atoms with van der Waals surface area (Å²) in [6.45, 7) is 4.03. The molecule has 2 heterocycles. The molecule has 0 spiro atoms. The number of benzene rings is 2. The minimum atomic E-state index is 0.560. The number of hydrogen-bond acceptors (Lipinski definition) is 5. The molecule has 0 saturated carbocycles. The fourth-order valence-corrected chi connectivity index (χ4v) is 3.84. The average Bonchev–Trinajstić information content (AvgIpc) is 3.27. The first-order chi connectivity index (χ1) is 13.1. The zero-order valence-corrected chi connectivity index (χ0v) is 16.5. The predicted molar refractivity (Wildman–Crippen MR) is 107 cm³/mol. The van der Waals surface area contributed by atoms with Gasteiger partial charge in [-0.25, -0.2) is 4.98 Å². The normalized spacial score (nSPS) is 11.1. The van der Waals surface area contributed by atoms with Gasteiger partial charge in [-0.2, -0.15) is 0 Å². The maximum atomic E-state index is 6.05. The highest BCUT2D eigenvalue weighted by molar-refractivity contribution is 7.98. The van der Waals surface area contributed by atoms with Crippen LogP contribution in [0.1, 0.15) is 17.3 Å². The third-order valence-corrected chi connectivity index (χ3v) is 5.29. The highest BCUT2D eigenvalue weighted by Crippen LogP contribution is 2.28. The molecule has 7 heteroatoms. The number of thioether (sulfide) groups is 1. The van der Waals surface area contributed by atoms with Gasteiger partial charge in [0.15, 0.2) is 10.9 Å². The minimum Gasteiger partial charge on any atom is -0.440 e. The number of halogens is 1. The number of hydrogen-bond donors (Lipinski definition) is 0. The fourth-order valence-electron chi connectivity index (χ4n) is 2.81. The Hall–Kier alpha value is -2.57. The van der Waals surface area contributed by atoms with Crippen molar-refractivity contribution in [2.45, 2.75) is 24.8 Å². The van der Waals surface area contributed by atoms with Crippen LogP contribution in [0.5, 0.6) is 0 Å². The number of aromatic nitrogens is 4. The first kappa shape index (κ1) is 17.8. The molecule has 4 aromatic rings. The summed E-state index contributed by atoms with van der Waals surface area (Å²) < 4.78 is 7.93. The molecule has 2 aromatic carbocycles. The van der Waals surface area contributed by atoms with E-state index in [9.17, 15) is 0 Å². The molecule has 0 aliphatic rings. The average molecular weight is 397 g/mol. The Morgan fingerprint density at radius 3 is 2.74 bits per heavy atom. The standard InChI is InChI=1S/C20H17ClN4OS/c1-13-6-3-4-9-17(13)25-14(2)23-24-20(25)27-12-19-22-11-18(26-19)15-7-5-8-16(21)10-15/h3-11H,12H2,1-2H3. The van der Waals surface area contributed by atoms with Gasteiger partial charge in [-0.3, -0.25) is 4.57 Å². The zero-order valence-electron chi connectivity index (χ0n) is 14.9. The molecule has 0 bridgehead atoms. The lowest BCUT2D eigenvalue weighted by Gasteiger charge is -2.10.